The molecule has 0 fully saturated rings. The third-order valence-corrected chi connectivity index (χ3v) is 3.41. The number of benzene rings is 2. The Kier molecular flexibility index (Phi) is 6.90. The van der Waals surface area contributed by atoms with Gasteiger partial charge in [-0.1, -0.05) is 6.07 Å². The van der Waals surface area contributed by atoms with Crippen LogP contribution in [0.3, 0.4) is 0 Å². The number of methoxy groups -OCH3 is 1. The molecule has 2 rings (SSSR count). The Morgan fingerprint density at radius 2 is 1.84 bits per heavy atom. The summed E-state index contributed by atoms with van der Waals surface area (Å²) >= 11 is 0. The van der Waals surface area contributed by atoms with E-state index >= 15 is 0 Å². The highest BCUT2D eigenvalue weighted by atomic mass is 35.5. The molecule has 0 unspecified atom stereocenters. The maximum absolute atomic E-state index is 14.2. The van der Waals surface area contributed by atoms with Crippen molar-refractivity contribution in [1.29, 1.82) is 0 Å². The van der Waals surface area contributed by atoms with E-state index in [0.29, 0.717) is 11.3 Å². The van der Waals surface area contributed by atoms with Crippen molar-refractivity contribution in [2.24, 2.45) is 5.73 Å². The minimum atomic E-state index is -0.727. The van der Waals surface area contributed by atoms with E-state index in [1.54, 1.807) is 19.9 Å². The summed E-state index contributed by atoms with van der Waals surface area (Å²) in [5.41, 5.74) is 5.63. The van der Waals surface area contributed by atoms with Crippen molar-refractivity contribution in [3.63, 3.8) is 0 Å². The monoisotopic (exact) mass is 370 g/mol. The predicted molar refractivity (Wildman–Crippen MR) is 96.2 cm³/mol. The van der Waals surface area contributed by atoms with Crippen LogP contribution in [0.4, 0.5) is 8.78 Å². The van der Waals surface area contributed by atoms with Crippen molar-refractivity contribution in [1.82, 2.24) is 5.32 Å². The fraction of sp³-hybridized carbons (Fsp3) is 0.278. The Balaban J connectivity index is 0.00000312. The van der Waals surface area contributed by atoms with Crippen LogP contribution in [-0.2, 0) is 0 Å². The first-order valence-electron chi connectivity index (χ1n) is 7.42. The number of amides is 1. The molecule has 2 aromatic rings. The molecule has 0 saturated carbocycles. The molecule has 7 heteroatoms. The molecular weight excluding hydrogens is 350 g/mol. The molecule has 1 amide bonds. The van der Waals surface area contributed by atoms with Gasteiger partial charge in [0.2, 0.25) is 0 Å². The SMILES string of the molecule is COc1ccc(-c2ccc(C(=O)NCC(C)(C)N)c(F)c2)c(F)c1.Cl. The molecule has 3 N–H and O–H groups in total. The van der Waals surface area contributed by atoms with Crippen LogP contribution < -0.4 is 15.8 Å². The van der Waals surface area contributed by atoms with E-state index in [-0.39, 0.29) is 30.1 Å². The van der Waals surface area contributed by atoms with E-state index in [2.05, 4.69) is 5.32 Å². The van der Waals surface area contributed by atoms with Crippen molar-refractivity contribution in [2.45, 2.75) is 19.4 Å². The number of ether oxygens (including phenoxy) is 1. The summed E-state index contributed by atoms with van der Waals surface area (Å²) in [7, 11) is 1.43. The summed E-state index contributed by atoms with van der Waals surface area (Å²) < 4.78 is 33.3. The molecule has 4 nitrogen and oxygen atoms in total. The Labute approximate surface area is 151 Å². The average Bonchev–Trinajstić information content (AvgIpc) is 2.51. The molecule has 0 aliphatic heterocycles. The van der Waals surface area contributed by atoms with Crippen LogP contribution in [0, 0.1) is 11.6 Å². The van der Waals surface area contributed by atoms with Gasteiger partial charge in [0.25, 0.3) is 5.91 Å². The van der Waals surface area contributed by atoms with E-state index in [9.17, 15) is 13.6 Å². The topological polar surface area (TPSA) is 64.3 Å². The molecule has 0 aromatic heterocycles. The van der Waals surface area contributed by atoms with Crippen molar-refractivity contribution in [3.05, 3.63) is 53.6 Å². The molecule has 0 radical (unpaired) electrons. The molecule has 0 aliphatic carbocycles. The summed E-state index contributed by atoms with van der Waals surface area (Å²) in [5.74, 6) is -1.45. The van der Waals surface area contributed by atoms with E-state index < -0.39 is 23.1 Å². The predicted octanol–water partition coefficient (Wildman–Crippen LogP) is 3.53. The molecule has 2 aromatic carbocycles. The summed E-state index contributed by atoms with van der Waals surface area (Å²) in [6, 6.07) is 8.26. The zero-order chi connectivity index (χ0) is 17.9. The van der Waals surface area contributed by atoms with Crippen LogP contribution in [-0.4, -0.2) is 25.1 Å². The Bertz CT molecular complexity index is 761. The van der Waals surface area contributed by atoms with E-state index in [1.165, 1.54) is 31.4 Å². The lowest BCUT2D eigenvalue weighted by molar-refractivity contribution is 0.0942. The van der Waals surface area contributed by atoms with Gasteiger partial charge in [-0.05, 0) is 43.7 Å². The van der Waals surface area contributed by atoms with Crippen molar-refractivity contribution >= 4 is 18.3 Å². The number of rotatable bonds is 5. The molecule has 25 heavy (non-hydrogen) atoms. The minimum Gasteiger partial charge on any atom is -0.497 e. The molecule has 0 atom stereocenters. The summed E-state index contributed by atoms with van der Waals surface area (Å²) in [6.45, 7) is 3.71. The van der Waals surface area contributed by atoms with Gasteiger partial charge in [-0.25, -0.2) is 8.78 Å². The van der Waals surface area contributed by atoms with Crippen LogP contribution in [0.25, 0.3) is 11.1 Å². The molecule has 0 saturated heterocycles. The van der Waals surface area contributed by atoms with Gasteiger partial charge in [0.15, 0.2) is 0 Å². The number of hydrogen-bond donors (Lipinski definition) is 2. The standard InChI is InChI=1S/C18H20F2N2O2.ClH/c1-18(2,21)10-22-17(23)14-6-4-11(8-15(14)19)13-7-5-12(24-3)9-16(13)20;/h4-9H,10,21H2,1-3H3,(H,22,23);1H. The van der Waals surface area contributed by atoms with Gasteiger partial charge < -0.3 is 15.8 Å². The maximum atomic E-state index is 14.2. The average molecular weight is 371 g/mol. The van der Waals surface area contributed by atoms with Crippen molar-refractivity contribution < 1.29 is 18.3 Å². The maximum Gasteiger partial charge on any atom is 0.254 e. The quantitative estimate of drug-likeness (QED) is 0.846. The highest BCUT2D eigenvalue weighted by Crippen LogP contribution is 2.27. The Hall–Kier alpha value is -2.18. The van der Waals surface area contributed by atoms with Gasteiger partial charge in [-0.2, -0.15) is 0 Å². The van der Waals surface area contributed by atoms with Crippen molar-refractivity contribution in [3.8, 4) is 16.9 Å². The Morgan fingerprint density at radius 3 is 2.36 bits per heavy atom. The molecule has 136 valence electrons. The van der Waals surface area contributed by atoms with E-state index in [1.807, 2.05) is 0 Å². The van der Waals surface area contributed by atoms with Gasteiger partial charge in [0.1, 0.15) is 17.4 Å². The summed E-state index contributed by atoms with van der Waals surface area (Å²) in [6.07, 6.45) is 0. The fourth-order valence-corrected chi connectivity index (χ4v) is 2.13. The highest BCUT2D eigenvalue weighted by molar-refractivity contribution is 5.95. The summed E-state index contributed by atoms with van der Waals surface area (Å²) in [4.78, 5) is 12.0. The fourth-order valence-electron chi connectivity index (χ4n) is 2.13. The number of hydrogen-bond acceptors (Lipinski definition) is 3. The molecule has 0 spiro atoms. The molecule has 0 aliphatic rings. The third-order valence-electron chi connectivity index (χ3n) is 3.41. The first-order valence-corrected chi connectivity index (χ1v) is 7.42. The first kappa shape index (κ1) is 20.9. The second-order valence-corrected chi connectivity index (χ2v) is 6.21. The second-order valence-electron chi connectivity index (χ2n) is 6.21. The smallest absolute Gasteiger partial charge is 0.254 e. The van der Waals surface area contributed by atoms with Crippen LogP contribution in [0.1, 0.15) is 24.2 Å². The number of halogens is 3. The van der Waals surface area contributed by atoms with Crippen LogP contribution in [0.15, 0.2) is 36.4 Å². The van der Waals surface area contributed by atoms with Crippen molar-refractivity contribution in [2.75, 3.05) is 13.7 Å². The van der Waals surface area contributed by atoms with Gasteiger partial charge >= 0.3 is 0 Å². The first-order chi connectivity index (χ1) is 11.2. The molecule has 0 bridgehead atoms. The van der Waals surface area contributed by atoms with Crippen LogP contribution >= 0.6 is 12.4 Å². The zero-order valence-corrected chi connectivity index (χ0v) is 15.0. The Morgan fingerprint density at radius 1 is 1.16 bits per heavy atom. The largest absolute Gasteiger partial charge is 0.497 e. The van der Waals surface area contributed by atoms with E-state index in [0.717, 1.165) is 6.07 Å². The second kappa shape index (κ2) is 8.27. The van der Waals surface area contributed by atoms with E-state index in [4.69, 9.17) is 10.5 Å². The number of nitrogens with one attached hydrogen (secondary N) is 1. The number of nitrogens with two attached hydrogens (primary N) is 1. The summed E-state index contributed by atoms with van der Waals surface area (Å²) in [5, 5.41) is 2.57. The molecule has 0 heterocycles. The zero-order valence-electron chi connectivity index (χ0n) is 14.2. The lowest BCUT2D eigenvalue weighted by Crippen LogP contribution is -2.45. The lowest BCUT2D eigenvalue weighted by atomic mass is 10.0. The lowest BCUT2D eigenvalue weighted by Gasteiger charge is -2.19. The molecular formula is C18H21ClF2N2O2. The van der Waals surface area contributed by atoms with Crippen LogP contribution in [0.2, 0.25) is 0 Å². The number of carbonyl (C=O) groups is 1. The number of carbonyl (C=O) groups excluding carboxylic acids is 1. The van der Waals surface area contributed by atoms with Gasteiger partial charge in [0.05, 0.1) is 12.7 Å². The normalized spacial score (nSPS) is 10.8. The van der Waals surface area contributed by atoms with Gasteiger partial charge in [0, 0.05) is 23.7 Å². The van der Waals surface area contributed by atoms with Gasteiger partial charge in [-0.15, -0.1) is 12.4 Å². The van der Waals surface area contributed by atoms with Gasteiger partial charge in [-0.3, -0.25) is 4.79 Å². The highest BCUT2D eigenvalue weighted by Gasteiger charge is 2.17. The van der Waals surface area contributed by atoms with Crippen LogP contribution in [0.5, 0.6) is 5.75 Å². The third kappa shape index (κ3) is 5.41. The minimum absolute atomic E-state index is 0.